The zero-order valence-corrected chi connectivity index (χ0v) is 13.9. The summed E-state index contributed by atoms with van der Waals surface area (Å²) in [6.45, 7) is 5.55. The second kappa shape index (κ2) is 6.16. The van der Waals surface area contributed by atoms with Crippen LogP contribution in [0.5, 0.6) is 0 Å². The zero-order valence-electron chi connectivity index (χ0n) is 13.1. The number of nitrogens with one attached hydrogen (secondary N) is 2. The number of nitrogens with zero attached hydrogens (tertiary/aromatic N) is 1. The molecule has 2 N–H and O–H groups in total. The average Bonchev–Trinajstić information content (AvgIpc) is 3.03. The SMILES string of the molecule is CC(C)N1C(=O)CC(NC(=O)C2CC23CCNCC3)C1=O.Cl. The fourth-order valence-electron chi connectivity index (χ4n) is 3.77. The molecule has 2 saturated heterocycles. The molecular weight excluding hydrogens is 306 g/mol. The minimum Gasteiger partial charge on any atom is -0.344 e. The summed E-state index contributed by atoms with van der Waals surface area (Å²) in [4.78, 5) is 37.6. The van der Waals surface area contributed by atoms with E-state index in [1.54, 1.807) is 0 Å². The Morgan fingerprint density at radius 2 is 1.95 bits per heavy atom. The van der Waals surface area contributed by atoms with Gasteiger partial charge in [0, 0.05) is 12.0 Å². The Kier molecular flexibility index (Phi) is 4.82. The summed E-state index contributed by atoms with van der Waals surface area (Å²) in [5.41, 5.74) is 0.152. The number of likely N-dealkylation sites (tertiary alicyclic amines) is 1. The lowest BCUT2D eigenvalue weighted by Gasteiger charge is -2.23. The number of hydrogen-bond acceptors (Lipinski definition) is 4. The molecule has 0 bridgehead atoms. The van der Waals surface area contributed by atoms with E-state index in [9.17, 15) is 14.4 Å². The number of rotatable bonds is 3. The Balaban J connectivity index is 0.00000176. The van der Waals surface area contributed by atoms with Crippen LogP contribution in [-0.4, -0.2) is 47.8 Å². The molecule has 2 heterocycles. The minimum absolute atomic E-state index is 0. The molecule has 1 spiro atoms. The third kappa shape index (κ3) is 2.86. The summed E-state index contributed by atoms with van der Waals surface area (Å²) in [5, 5.41) is 6.11. The van der Waals surface area contributed by atoms with Crippen molar-refractivity contribution in [3.8, 4) is 0 Å². The molecule has 0 aromatic carbocycles. The van der Waals surface area contributed by atoms with Gasteiger partial charge in [-0.15, -0.1) is 12.4 Å². The lowest BCUT2D eigenvalue weighted by molar-refractivity contribution is -0.141. The molecule has 7 heteroatoms. The first-order valence-electron chi connectivity index (χ1n) is 7.82. The van der Waals surface area contributed by atoms with Crippen molar-refractivity contribution in [3.63, 3.8) is 0 Å². The van der Waals surface area contributed by atoms with E-state index in [1.807, 2.05) is 13.8 Å². The van der Waals surface area contributed by atoms with Crippen LogP contribution in [0.2, 0.25) is 0 Å². The van der Waals surface area contributed by atoms with Gasteiger partial charge in [-0.2, -0.15) is 0 Å². The Morgan fingerprint density at radius 3 is 2.50 bits per heavy atom. The number of amides is 3. The highest BCUT2D eigenvalue weighted by atomic mass is 35.5. The summed E-state index contributed by atoms with van der Waals surface area (Å²) >= 11 is 0. The number of carbonyl (C=O) groups is 3. The highest BCUT2D eigenvalue weighted by molar-refractivity contribution is 6.07. The Morgan fingerprint density at radius 1 is 1.32 bits per heavy atom. The summed E-state index contributed by atoms with van der Waals surface area (Å²) in [6, 6.07) is -0.810. The van der Waals surface area contributed by atoms with E-state index < -0.39 is 6.04 Å². The molecule has 3 rings (SSSR count). The second-order valence-corrected chi connectivity index (χ2v) is 6.83. The topological polar surface area (TPSA) is 78.5 Å². The summed E-state index contributed by atoms with van der Waals surface area (Å²) in [6.07, 6.45) is 3.08. The molecule has 124 valence electrons. The Labute approximate surface area is 136 Å². The molecule has 2 atom stereocenters. The van der Waals surface area contributed by atoms with Gasteiger partial charge in [-0.1, -0.05) is 0 Å². The largest absolute Gasteiger partial charge is 0.344 e. The van der Waals surface area contributed by atoms with E-state index in [2.05, 4.69) is 10.6 Å². The first-order chi connectivity index (χ1) is 9.94. The molecule has 2 unspecified atom stereocenters. The van der Waals surface area contributed by atoms with Gasteiger partial charge in [0.1, 0.15) is 6.04 Å². The first-order valence-corrected chi connectivity index (χ1v) is 7.82. The lowest BCUT2D eigenvalue weighted by Crippen LogP contribution is -2.45. The van der Waals surface area contributed by atoms with Gasteiger partial charge in [-0.3, -0.25) is 19.3 Å². The summed E-state index contributed by atoms with van der Waals surface area (Å²) < 4.78 is 0. The molecule has 3 fully saturated rings. The summed E-state index contributed by atoms with van der Waals surface area (Å²) in [5.74, 6) is -0.472. The van der Waals surface area contributed by atoms with Gasteiger partial charge in [-0.05, 0) is 51.6 Å². The van der Waals surface area contributed by atoms with Crippen LogP contribution in [0.15, 0.2) is 0 Å². The van der Waals surface area contributed by atoms with Gasteiger partial charge in [0.05, 0.1) is 6.42 Å². The van der Waals surface area contributed by atoms with E-state index in [-0.39, 0.29) is 53.9 Å². The third-order valence-corrected chi connectivity index (χ3v) is 5.12. The van der Waals surface area contributed by atoms with Gasteiger partial charge in [0.2, 0.25) is 11.8 Å². The van der Waals surface area contributed by atoms with Crippen LogP contribution < -0.4 is 10.6 Å². The van der Waals surface area contributed by atoms with Gasteiger partial charge in [0.15, 0.2) is 0 Å². The highest BCUT2D eigenvalue weighted by Gasteiger charge is 2.58. The Hall–Kier alpha value is -1.14. The van der Waals surface area contributed by atoms with E-state index in [0.717, 1.165) is 32.4 Å². The van der Waals surface area contributed by atoms with Crippen LogP contribution in [0.3, 0.4) is 0 Å². The molecule has 0 aromatic heterocycles. The van der Waals surface area contributed by atoms with Crippen LogP contribution in [-0.2, 0) is 14.4 Å². The van der Waals surface area contributed by atoms with E-state index >= 15 is 0 Å². The maximum atomic E-state index is 12.3. The summed E-state index contributed by atoms with van der Waals surface area (Å²) in [7, 11) is 0. The van der Waals surface area contributed by atoms with Crippen molar-refractivity contribution in [3.05, 3.63) is 0 Å². The number of carbonyl (C=O) groups excluding carboxylic acids is 3. The van der Waals surface area contributed by atoms with E-state index in [4.69, 9.17) is 0 Å². The fourth-order valence-corrected chi connectivity index (χ4v) is 3.77. The van der Waals surface area contributed by atoms with Crippen LogP contribution >= 0.6 is 12.4 Å². The van der Waals surface area contributed by atoms with Gasteiger partial charge in [-0.25, -0.2) is 0 Å². The van der Waals surface area contributed by atoms with Crippen molar-refractivity contribution >= 4 is 30.1 Å². The maximum absolute atomic E-state index is 12.3. The molecular formula is C15H24ClN3O3. The molecule has 0 radical (unpaired) electrons. The highest BCUT2D eigenvalue weighted by Crippen LogP contribution is 2.58. The van der Waals surface area contributed by atoms with Crippen LogP contribution in [0.1, 0.15) is 39.5 Å². The monoisotopic (exact) mass is 329 g/mol. The Bertz CT molecular complexity index is 488. The molecule has 3 amide bonds. The van der Waals surface area contributed by atoms with Crippen LogP contribution in [0, 0.1) is 11.3 Å². The van der Waals surface area contributed by atoms with Crippen LogP contribution in [0.4, 0.5) is 0 Å². The van der Waals surface area contributed by atoms with Gasteiger partial charge in [0.25, 0.3) is 5.91 Å². The van der Waals surface area contributed by atoms with E-state index in [1.165, 1.54) is 4.90 Å². The van der Waals surface area contributed by atoms with Gasteiger partial charge < -0.3 is 10.6 Å². The second-order valence-electron chi connectivity index (χ2n) is 6.83. The van der Waals surface area contributed by atoms with Crippen molar-refractivity contribution in [2.75, 3.05) is 13.1 Å². The number of hydrogen-bond donors (Lipinski definition) is 2. The molecule has 1 aliphatic carbocycles. The van der Waals surface area contributed by atoms with Crippen molar-refractivity contribution in [1.29, 1.82) is 0 Å². The third-order valence-electron chi connectivity index (χ3n) is 5.12. The maximum Gasteiger partial charge on any atom is 0.252 e. The standard InChI is InChI=1S/C15H23N3O3.ClH/c1-9(2)18-12(19)7-11(14(18)21)17-13(20)10-8-15(10)3-5-16-6-4-15;/h9-11,16H,3-8H2,1-2H3,(H,17,20);1H. The zero-order chi connectivity index (χ0) is 15.2. The molecule has 6 nitrogen and oxygen atoms in total. The number of imide groups is 1. The predicted octanol–water partition coefficient (Wildman–Crippen LogP) is 0.450. The number of piperidine rings is 1. The molecule has 1 saturated carbocycles. The van der Waals surface area contributed by atoms with Crippen molar-refractivity contribution in [1.82, 2.24) is 15.5 Å². The lowest BCUT2D eigenvalue weighted by atomic mass is 9.91. The fraction of sp³-hybridized carbons (Fsp3) is 0.800. The van der Waals surface area contributed by atoms with Crippen molar-refractivity contribution in [2.24, 2.45) is 11.3 Å². The van der Waals surface area contributed by atoms with Crippen molar-refractivity contribution < 1.29 is 14.4 Å². The predicted molar refractivity (Wildman–Crippen MR) is 83.4 cm³/mol. The normalized spacial score (nSPS) is 29.7. The molecule has 2 aliphatic heterocycles. The number of halogens is 1. The molecule has 22 heavy (non-hydrogen) atoms. The molecule has 0 aromatic rings. The van der Waals surface area contributed by atoms with Crippen molar-refractivity contribution in [2.45, 2.75) is 51.6 Å². The quantitative estimate of drug-likeness (QED) is 0.737. The van der Waals surface area contributed by atoms with Crippen LogP contribution in [0.25, 0.3) is 0 Å². The average molecular weight is 330 g/mol. The van der Waals surface area contributed by atoms with Gasteiger partial charge >= 0.3 is 0 Å². The van der Waals surface area contributed by atoms with E-state index in [0.29, 0.717) is 0 Å². The molecule has 3 aliphatic rings. The smallest absolute Gasteiger partial charge is 0.252 e. The minimum atomic E-state index is -0.660. The first kappa shape index (κ1) is 17.2.